The van der Waals surface area contributed by atoms with Crippen LogP contribution in [0.25, 0.3) is 0 Å². The lowest BCUT2D eigenvalue weighted by atomic mass is 10.1. The molecule has 0 bridgehead atoms. The maximum absolute atomic E-state index is 12.0. The number of anilines is 1. The van der Waals surface area contributed by atoms with E-state index in [1.807, 2.05) is 41.8 Å². The van der Waals surface area contributed by atoms with E-state index in [1.165, 1.54) is 11.3 Å². The van der Waals surface area contributed by atoms with Crippen molar-refractivity contribution in [2.75, 3.05) is 11.9 Å². The Bertz CT molecular complexity index is 508. The van der Waals surface area contributed by atoms with Crippen molar-refractivity contribution in [3.05, 3.63) is 52.2 Å². The van der Waals surface area contributed by atoms with Crippen LogP contribution in [0.1, 0.15) is 22.2 Å². The van der Waals surface area contributed by atoms with Crippen LogP contribution < -0.4 is 10.6 Å². The first-order chi connectivity index (χ1) is 8.81. The first-order valence-corrected chi connectivity index (χ1v) is 6.82. The number of carbonyl (C=O) groups is 1. The molecule has 94 valence electrons. The average molecular weight is 260 g/mol. The summed E-state index contributed by atoms with van der Waals surface area (Å²) in [5, 5.41) is 8.12. The summed E-state index contributed by atoms with van der Waals surface area (Å²) in [6.45, 7) is 3.73. The summed E-state index contributed by atoms with van der Waals surface area (Å²) in [7, 11) is 0. The van der Waals surface area contributed by atoms with Crippen LogP contribution in [0.3, 0.4) is 0 Å². The van der Waals surface area contributed by atoms with E-state index in [0.29, 0.717) is 0 Å². The second-order valence-corrected chi connectivity index (χ2v) is 4.82. The van der Waals surface area contributed by atoms with Crippen LogP contribution in [-0.4, -0.2) is 12.5 Å². The number of benzene rings is 1. The maximum Gasteiger partial charge on any atom is 0.265 e. The Morgan fingerprint density at radius 3 is 2.78 bits per heavy atom. The minimum atomic E-state index is -0.0473. The summed E-state index contributed by atoms with van der Waals surface area (Å²) in [5.41, 5.74) is 1.97. The second kappa shape index (κ2) is 6.33. The van der Waals surface area contributed by atoms with Gasteiger partial charge in [-0.3, -0.25) is 4.79 Å². The van der Waals surface area contributed by atoms with E-state index in [2.05, 4.69) is 17.6 Å². The van der Waals surface area contributed by atoms with Gasteiger partial charge >= 0.3 is 0 Å². The quantitative estimate of drug-likeness (QED) is 0.867. The number of amides is 1. The van der Waals surface area contributed by atoms with Gasteiger partial charge in [-0.25, -0.2) is 0 Å². The molecule has 0 radical (unpaired) electrons. The second-order valence-electron chi connectivity index (χ2n) is 3.87. The third-order valence-corrected chi connectivity index (χ3v) is 3.44. The molecule has 2 rings (SSSR count). The van der Waals surface area contributed by atoms with Crippen molar-refractivity contribution in [3.63, 3.8) is 0 Å². The maximum atomic E-state index is 12.0. The van der Waals surface area contributed by atoms with Crippen LogP contribution in [0.4, 0.5) is 5.69 Å². The van der Waals surface area contributed by atoms with Crippen LogP contribution >= 0.6 is 11.3 Å². The van der Waals surface area contributed by atoms with Crippen molar-refractivity contribution in [1.29, 1.82) is 0 Å². The SMILES string of the molecule is CCNCc1ccccc1NC(=O)c1cccs1. The highest BCUT2D eigenvalue weighted by Crippen LogP contribution is 2.17. The zero-order valence-corrected chi connectivity index (χ0v) is 11.1. The van der Waals surface area contributed by atoms with Gasteiger partial charge in [0.1, 0.15) is 0 Å². The molecular formula is C14H16N2OS. The summed E-state index contributed by atoms with van der Waals surface area (Å²) in [6.07, 6.45) is 0. The monoisotopic (exact) mass is 260 g/mol. The number of thiophene rings is 1. The first kappa shape index (κ1) is 12.8. The average Bonchev–Trinajstić information content (AvgIpc) is 2.91. The third kappa shape index (κ3) is 3.18. The van der Waals surface area contributed by atoms with Crippen LogP contribution in [-0.2, 0) is 6.54 Å². The molecule has 0 spiro atoms. The molecule has 1 amide bonds. The van der Waals surface area contributed by atoms with Crippen LogP contribution in [0.2, 0.25) is 0 Å². The molecule has 1 aromatic carbocycles. The van der Waals surface area contributed by atoms with Crippen LogP contribution in [0.15, 0.2) is 41.8 Å². The number of carbonyl (C=O) groups excluding carboxylic acids is 1. The molecule has 18 heavy (non-hydrogen) atoms. The molecule has 1 heterocycles. The highest BCUT2D eigenvalue weighted by molar-refractivity contribution is 7.12. The molecule has 2 N–H and O–H groups in total. The van der Waals surface area contributed by atoms with Gasteiger partial charge in [-0.05, 0) is 29.6 Å². The van der Waals surface area contributed by atoms with Crippen molar-refractivity contribution < 1.29 is 4.79 Å². The standard InChI is InChI=1S/C14H16N2OS/c1-2-15-10-11-6-3-4-7-12(11)16-14(17)13-8-5-9-18-13/h3-9,15H,2,10H2,1H3,(H,16,17). The molecule has 4 heteroatoms. The number of hydrogen-bond acceptors (Lipinski definition) is 3. The van der Waals surface area contributed by atoms with Gasteiger partial charge in [0.05, 0.1) is 4.88 Å². The van der Waals surface area contributed by atoms with E-state index in [1.54, 1.807) is 0 Å². The van der Waals surface area contributed by atoms with Gasteiger partial charge in [0.25, 0.3) is 5.91 Å². The molecule has 0 saturated heterocycles. The fourth-order valence-electron chi connectivity index (χ4n) is 1.65. The van der Waals surface area contributed by atoms with E-state index < -0.39 is 0 Å². The van der Waals surface area contributed by atoms with Gasteiger partial charge in [-0.2, -0.15) is 0 Å². The van der Waals surface area contributed by atoms with Crippen molar-refractivity contribution in [1.82, 2.24) is 5.32 Å². The van der Waals surface area contributed by atoms with E-state index in [0.717, 1.165) is 29.2 Å². The third-order valence-electron chi connectivity index (χ3n) is 2.58. The smallest absolute Gasteiger partial charge is 0.265 e. The number of rotatable bonds is 5. The Hall–Kier alpha value is -1.65. The molecule has 1 aromatic heterocycles. The Labute approximate surface area is 111 Å². The molecule has 0 aliphatic heterocycles. The van der Waals surface area contributed by atoms with Gasteiger partial charge in [-0.15, -0.1) is 11.3 Å². The van der Waals surface area contributed by atoms with Crippen molar-refractivity contribution in [3.8, 4) is 0 Å². The van der Waals surface area contributed by atoms with Crippen LogP contribution in [0.5, 0.6) is 0 Å². The molecule has 3 nitrogen and oxygen atoms in total. The molecule has 0 atom stereocenters. The fourth-order valence-corrected chi connectivity index (χ4v) is 2.27. The fraction of sp³-hybridized carbons (Fsp3) is 0.214. The topological polar surface area (TPSA) is 41.1 Å². The Balaban J connectivity index is 2.11. The molecule has 0 fully saturated rings. The largest absolute Gasteiger partial charge is 0.321 e. The summed E-state index contributed by atoms with van der Waals surface area (Å²) < 4.78 is 0. The molecule has 0 saturated carbocycles. The predicted molar refractivity (Wildman–Crippen MR) is 76.1 cm³/mol. The lowest BCUT2D eigenvalue weighted by Crippen LogP contribution is -2.16. The Morgan fingerprint density at radius 1 is 1.22 bits per heavy atom. The highest BCUT2D eigenvalue weighted by Gasteiger charge is 2.09. The first-order valence-electron chi connectivity index (χ1n) is 5.94. The Kier molecular flexibility index (Phi) is 4.50. The van der Waals surface area contributed by atoms with E-state index in [9.17, 15) is 4.79 Å². The zero-order valence-electron chi connectivity index (χ0n) is 10.3. The van der Waals surface area contributed by atoms with Gasteiger partial charge < -0.3 is 10.6 Å². The number of para-hydroxylation sites is 1. The van der Waals surface area contributed by atoms with Gasteiger partial charge in [0.15, 0.2) is 0 Å². The van der Waals surface area contributed by atoms with E-state index >= 15 is 0 Å². The number of hydrogen-bond donors (Lipinski definition) is 2. The summed E-state index contributed by atoms with van der Waals surface area (Å²) in [5.74, 6) is -0.0473. The summed E-state index contributed by atoms with van der Waals surface area (Å²) >= 11 is 1.45. The lowest BCUT2D eigenvalue weighted by molar-refractivity contribution is 0.103. The molecule has 0 aliphatic carbocycles. The number of nitrogens with one attached hydrogen (secondary N) is 2. The van der Waals surface area contributed by atoms with Crippen molar-refractivity contribution in [2.24, 2.45) is 0 Å². The van der Waals surface area contributed by atoms with Gasteiger partial charge in [0, 0.05) is 12.2 Å². The molecule has 0 unspecified atom stereocenters. The minimum Gasteiger partial charge on any atom is -0.321 e. The minimum absolute atomic E-state index is 0.0473. The molecular weight excluding hydrogens is 244 g/mol. The van der Waals surface area contributed by atoms with Crippen LogP contribution in [0, 0.1) is 0 Å². The van der Waals surface area contributed by atoms with Crippen molar-refractivity contribution >= 4 is 22.9 Å². The predicted octanol–water partition coefficient (Wildman–Crippen LogP) is 3.11. The normalized spacial score (nSPS) is 10.3. The van der Waals surface area contributed by atoms with Gasteiger partial charge in [0.2, 0.25) is 0 Å². The summed E-state index contributed by atoms with van der Waals surface area (Å²) in [6, 6.07) is 11.6. The Morgan fingerprint density at radius 2 is 2.06 bits per heavy atom. The van der Waals surface area contributed by atoms with E-state index in [4.69, 9.17) is 0 Å². The van der Waals surface area contributed by atoms with Gasteiger partial charge in [-0.1, -0.05) is 31.2 Å². The van der Waals surface area contributed by atoms with E-state index in [-0.39, 0.29) is 5.91 Å². The zero-order chi connectivity index (χ0) is 12.8. The highest BCUT2D eigenvalue weighted by atomic mass is 32.1. The summed E-state index contributed by atoms with van der Waals surface area (Å²) in [4.78, 5) is 12.7. The van der Waals surface area contributed by atoms with Crippen molar-refractivity contribution in [2.45, 2.75) is 13.5 Å². The lowest BCUT2D eigenvalue weighted by Gasteiger charge is -2.10. The molecule has 2 aromatic rings. The molecule has 0 aliphatic rings.